The van der Waals surface area contributed by atoms with Crippen molar-refractivity contribution in [1.82, 2.24) is 9.88 Å². The van der Waals surface area contributed by atoms with Crippen LogP contribution >= 0.6 is 0 Å². The van der Waals surface area contributed by atoms with Crippen molar-refractivity contribution in [3.63, 3.8) is 0 Å². The predicted molar refractivity (Wildman–Crippen MR) is 81.3 cm³/mol. The van der Waals surface area contributed by atoms with E-state index in [0.29, 0.717) is 0 Å². The van der Waals surface area contributed by atoms with E-state index in [2.05, 4.69) is 48.1 Å². The highest BCUT2D eigenvalue weighted by molar-refractivity contribution is 5.43. The van der Waals surface area contributed by atoms with Crippen molar-refractivity contribution in [3.8, 4) is 0 Å². The van der Waals surface area contributed by atoms with Gasteiger partial charge < -0.3 is 5.32 Å². The summed E-state index contributed by atoms with van der Waals surface area (Å²) in [7, 11) is 0. The van der Waals surface area contributed by atoms with Crippen molar-refractivity contribution in [1.29, 1.82) is 0 Å². The Morgan fingerprint density at radius 1 is 1.42 bits per heavy atom. The standard InChI is InChI=1S/C16H27N3/c1-4-8-17-14-7-9-18-15(10-14)12-19(11-13(2)3)16-5-6-16/h7,9-10,13,16H,4-6,8,11-12H2,1-3H3,(H,17,18). The van der Waals surface area contributed by atoms with Gasteiger partial charge in [-0.05, 0) is 37.3 Å². The van der Waals surface area contributed by atoms with Gasteiger partial charge >= 0.3 is 0 Å². The van der Waals surface area contributed by atoms with Crippen LogP contribution < -0.4 is 5.32 Å². The molecule has 0 bridgehead atoms. The molecule has 3 nitrogen and oxygen atoms in total. The van der Waals surface area contributed by atoms with E-state index < -0.39 is 0 Å². The molecule has 3 heteroatoms. The summed E-state index contributed by atoms with van der Waals surface area (Å²) in [6.07, 6.45) is 5.80. The SMILES string of the molecule is CCCNc1ccnc(CN(CC(C)C)C2CC2)c1. The van der Waals surface area contributed by atoms with Gasteiger partial charge in [0.15, 0.2) is 0 Å². The Morgan fingerprint density at radius 2 is 2.21 bits per heavy atom. The summed E-state index contributed by atoms with van der Waals surface area (Å²) >= 11 is 0. The molecule has 0 radical (unpaired) electrons. The van der Waals surface area contributed by atoms with Crippen molar-refractivity contribution in [2.45, 2.75) is 52.6 Å². The van der Waals surface area contributed by atoms with Gasteiger partial charge in [0.05, 0.1) is 5.69 Å². The fourth-order valence-electron chi connectivity index (χ4n) is 2.40. The first kappa shape index (κ1) is 14.3. The summed E-state index contributed by atoms with van der Waals surface area (Å²) < 4.78 is 0. The molecule has 1 aliphatic rings. The summed E-state index contributed by atoms with van der Waals surface area (Å²) in [6, 6.07) is 5.06. The van der Waals surface area contributed by atoms with Crippen LogP contribution in [0.2, 0.25) is 0 Å². The maximum atomic E-state index is 4.52. The highest BCUT2D eigenvalue weighted by Gasteiger charge is 2.29. The van der Waals surface area contributed by atoms with Crippen LogP contribution in [0.15, 0.2) is 18.3 Å². The number of nitrogens with one attached hydrogen (secondary N) is 1. The van der Waals surface area contributed by atoms with Gasteiger partial charge in [-0.15, -0.1) is 0 Å². The lowest BCUT2D eigenvalue weighted by Gasteiger charge is -2.23. The quantitative estimate of drug-likeness (QED) is 0.776. The van der Waals surface area contributed by atoms with E-state index >= 15 is 0 Å². The Labute approximate surface area is 117 Å². The molecule has 1 heterocycles. The van der Waals surface area contributed by atoms with Gasteiger partial charge in [-0.2, -0.15) is 0 Å². The van der Waals surface area contributed by atoms with Crippen molar-refractivity contribution >= 4 is 5.69 Å². The lowest BCUT2D eigenvalue weighted by Crippen LogP contribution is -2.29. The van der Waals surface area contributed by atoms with E-state index in [1.165, 1.54) is 30.8 Å². The first-order chi connectivity index (χ1) is 9.19. The fraction of sp³-hybridized carbons (Fsp3) is 0.688. The molecule has 0 saturated heterocycles. The largest absolute Gasteiger partial charge is 0.385 e. The Kier molecular flexibility index (Phi) is 5.20. The van der Waals surface area contributed by atoms with Gasteiger partial charge in [0.1, 0.15) is 0 Å². The Hall–Kier alpha value is -1.09. The maximum Gasteiger partial charge on any atom is 0.0564 e. The zero-order valence-corrected chi connectivity index (χ0v) is 12.5. The van der Waals surface area contributed by atoms with Crippen molar-refractivity contribution < 1.29 is 0 Å². The smallest absolute Gasteiger partial charge is 0.0564 e. The molecule has 1 fully saturated rings. The van der Waals surface area contributed by atoms with Gasteiger partial charge in [-0.25, -0.2) is 0 Å². The molecule has 0 aromatic carbocycles. The minimum Gasteiger partial charge on any atom is -0.385 e. The predicted octanol–water partition coefficient (Wildman–Crippen LogP) is 3.52. The topological polar surface area (TPSA) is 28.2 Å². The molecule has 1 aliphatic carbocycles. The first-order valence-electron chi connectivity index (χ1n) is 7.62. The molecule has 0 spiro atoms. The zero-order valence-electron chi connectivity index (χ0n) is 12.5. The van der Waals surface area contributed by atoms with Crippen molar-refractivity contribution in [2.24, 2.45) is 5.92 Å². The second-order valence-corrected chi connectivity index (χ2v) is 6.02. The van der Waals surface area contributed by atoms with Crippen LogP contribution in [-0.4, -0.2) is 29.0 Å². The van der Waals surface area contributed by atoms with Gasteiger partial charge in [-0.3, -0.25) is 9.88 Å². The summed E-state index contributed by atoms with van der Waals surface area (Å²) in [4.78, 5) is 7.12. The third-order valence-corrected chi connectivity index (χ3v) is 3.42. The van der Waals surface area contributed by atoms with E-state index in [0.717, 1.165) is 31.5 Å². The molecular weight excluding hydrogens is 234 g/mol. The third-order valence-electron chi connectivity index (χ3n) is 3.42. The molecule has 1 N–H and O–H groups in total. The van der Waals surface area contributed by atoms with Crippen LogP contribution in [0.3, 0.4) is 0 Å². The zero-order chi connectivity index (χ0) is 13.7. The fourth-order valence-corrected chi connectivity index (χ4v) is 2.40. The molecule has 19 heavy (non-hydrogen) atoms. The molecular formula is C16H27N3. The number of hydrogen-bond acceptors (Lipinski definition) is 3. The monoisotopic (exact) mass is 261 g/mol. The van der Waals surface area contributed by atoms with Gasteiger partial charge in [0.2, 0.25) is 0 Å². The Balaban J connectivity index is 1.95. The Morgan fingerprint density at radius 3 is 2.84 bits per heavy atom. The second-order valence-electron chi connectivity index (χ2n) is 6.02. The number of rotatable bonds is 8. The van der Waals surface area contributed by atoms with Crippen LogP contribution in [0.5, 0.6) is 0 Å². The van der Waals surface area contributed by atoms with Crippen LogP contribution in [0.25, 0.3) is 0 Å². The molecule has 0 unspecified atom stereocenters. The van der Waals surface area contributed by atoms with E-state index in [1.54, 1.807) is 0 Å². The van der Waals surface area contributed by atoms with Crippen molar-refractivity contribution in [3.05, 3.63) is 24.0 Å². The Bertz CT molecular complexity index is 385. The van der Waals surface area contributed by atoms with Crippen LogP contribution in [0.4, 0.5) is 5.69 Å². The molecule has 0 atom stereocenters. The highest BCUT2D eigenvalue weighted by atomic mass is 15.2. The molecule has 106 valence electrons. The summed E-state index contributed by atoms with van der Waals surface area (Å²) in [5, 5.41) is 3.44. The van der Waals surface area contributed by atoms with E-state index in [4.69, 9.17) is 0 Å². The summed E-state index contributed by atoms with van der Waals surface area (Å²) in [5.41, 5.74) is 2.39. The van der Waals surface area contributed by atoms with E-state index in [9.17, 15) is 0 Å². The average Bonchev–Trinajstić information content (AvgIpc) is 3.20. The second kappa shape index (κ2) is 6.90. The van der Waals surface area contributed by atoms with Gasteiger partial charge in [0, 0.05) is 37.6 Å². The van der Waals surface area contributed by atoms with Crippen LogP contribution in [0.1, 0.15) is 45.7 Å². The summed E-state index contributed by atoms with van der Waals surface area (Å²) in [5.74, 6) is 0.724. The molecule has 1 saturated carbocycles. The number of pyridine rings is 1. The number of anilines is 1. The number of hydrogen-bond donors (Lipinski definition) is 1. The summed E-state index contributed by atoms with van der Waals surface area (Å²) in [6.45, 7) is 9.97. The van der Waals surface area contributed by atoms with Gasteiger partial charge in [0.25, 0.3) is 0 Å². The van der Waals surface area contributed by atoms with Gasteiger partial charge in [-0.1, -0.05) is 20.8 Å². The van der Waals surface area contributed by atoms with E-state index in [1.807, 2.05) is 6.20 Å². The number of nitrogens with zero attached hydrogens (tertiary/aromatic N) is 2. The molecule has 0 amide bonds. The van der Waals surface area contributed by atoms with Crippen LogP contribution in [0, 0.1) is 5.92 Å². The molecule has 0 aliphatic heterocycles. The minimum atomic E-state index is 0.724. The van der Waals surface area contributed by atoms with Crippen LogP contribution in [-0.2, 0) is 6.54 Å². The first-order valence-corrected chi connectivity index (χ1v) is 7.62. The molecule has 1 aromatic heterocycles. The lowest BCUT2D eigenvalue weighted by molar-refractivity contribution is 0.223. The third kappa shape index (κ3) is 4.83. The molecule has 2 rings (SSSR count). The lowest BCUT2D eigenvalue weighted by atomic mass is 10.2. The maximum absolute atomic E-state index is 4.52. The molecule has 1 aromatic rings. The number of aromatic nitrogens is 1. The average molecular weight is 261 g/mol. The minimum absolute atomic E-state index is 0.724. The highest BCUT2D eigenvalue weighted by Crippen LogP contribution is 2.29. The van der Waals surface area contributed by atoms with E-state index in [-0.39, 0.29) is 0 Å². The van der Waals surface area contributed by atoms with Crippen molar-refractivity contribution in [2.75, 3.05) is 18.4 Å². The normalized spacial score (nSPS) is 15.2.